The topological polar surface area (TPSA) is 75.7 Å². The number of nitrogens with one attached hydrogen (secondary N) is 1. The molecule has 1 aliphatic rings. The van der Waals surface area contributed by atoms with E-state index in [9.17, 15) is 13.2 Å². The first-order chi connectivity index (χ1) is 14.0. The predicted molar refractivity (Wildman–Crippen MR) is 113 cm³/mol. The van der Waals surface area contributed by atoms with Crippen LogP contribution in [0.4, 0.5) is 0 Å². The van der Waals surface area contributed by atoms with Crippen LogP contribution in [0.25, 0.3) is 6.08 Å². The van der Waals surface area contributed by atoms with Crippen LogP contribution in [0.3, 0.4) is 0 Å². The lowest BCUT2D eigenvalue weighted by molar-refractivity contribution is -0.116. The fourth-order valence-electron chi connectivity index (χ4n) is 3.07. The molecule has 154 valence electrons. The van der Waals surface area contributed by atoms with Crippen molar-refractivity contribution in [2.45, 2.75) is 17.7 Å². The number of carbonyl (C=O) groups excluding carboxylic acids is 1. The average Bonchev–Trinajstić information content (AvgIpc) is 2.77. The Hall–Kier alpha value is -2.48. The standard InChI is InChI=1S/C22H26N2O4S/c1-18(20-5-3-2-4-6-20)17-23-22(25)12-9-19-7-10-21(11-8-19)29(26,27)24-13-15-28-16-14-24/h2-12,18H,13-17H2,1H3,(H,23,25)/b12-9+. The Balaban J connectivity index is 1.54. The maximum absolute atomic E-state index is 12.6. The maximum atomic E-state index is 12.6. The van der Waals surface area contributed by atoms with Crippen molar-refractivity contribution >= 4 is 22.0 Å². The minimum Gasteiger partial charge on any atom is -0.379 e. The van der Waals surface area contributed by atoms with Crippen molar-refractivity contribution in [2.75, 3.05) is 32.8 Å². The lowest BCUT2D eigenvalue weighted by atomic mass is 10.0. The van der Waals surface area contributed by atoms with E-state index in [1.807, 2.05) is 30.3 Å². The molecule has 1 atom stereocenters. The number of hydrogen-bond acceptors (Lipinski definition) is 4. The van der Waals surface area contributed by atoms with Crippen LogP contribution in [0, 0.1) is 0 Å². The molecule has 0 aliphatic carbocycles. The number of benzene rings is 2. The van der Waals surface area contributed by atoms with Crippen LogP contribution in [0.2, 0.25) is 0 Å². The number of sulfonamides is 1. The molecular weight excluding hydrogens is 388 g/mol. The number of carbonyl (C=O) groups is 1. The highest BCUT2D eigenvalue weighted by atomic mass is 32.2. The van der Waals surface area contributed by atoms with Crippen molar-refractivity contribution in [3.63, 3.8) is 0 Å². The van der Waals surface area contributed by atoms with E-state index in [-0.39, 0.29) is 16.7 Å². The minimum atomic E-state index is -3.50. The highest BCUT2D eigenvalue weighted by molar-refractivity contribution is 7.89. The molecule has 0 aromatic heterocycles. The molecule has 1 saturated heterocycles. The van der Waals surface area contributed by atoms with Gasteiger partial charge in [-0.25, -0.2) is 8.42 Å². The number of amides is 1. The Morgan fingerprint density at radius 2 is 1.76 bits per heavy atom. The summed E-state index contributed by atoms with van der Waals surface area (Å²) in [6.45, 7) is 4.17. The van der Waals surface area contributed by atoms with E-state index in [1.54, 1.807) is 30.3 Å². The molecule has 0 spiro atoms. The van der Waals surface area contributed by atoms with Crippen molar-refractivity contribution in [3.8, 4) is 0 Å². The first kappa shape index (κ1) is 21.2. The van der Waals surface area contributed by atoms with Gasteiger partial charge in [0.2, 0.25) is 15.9 Å². The molecule has 1 aliphatic heterocycles. The van der Waals surface area contributed by atoms with E-state index < -0.39 is 10.0 Å². The Morgan fingerprint density at radius 1 is 1.10 bits per heavy atom. The molecular formula is C22H26N2O4S. The van der Waals surface area contributed by atoms with Crippen molar-refractivity contribution in [1.29, 1.82) is 0 Å². The SMILES string of the molecule is CC(CNC(=O)/C=C/c1ccc(S(=O)(=O)N2CCOCC2)cc1)c1ccccc1. The molecule has 1 amide bonds. The fraction of sp³-hybridized carbons (Fsp3) is 0.318. The van der Waals surface area contributed by atoms with E-state index in [1.165, 1.54) is 15.9 Å². The van der Waals surface area contributed by atoms with Crippen LogP contribution in [0.15, 0.2) is 65.6 Å². The second kappa shape index (κ2) is 9.82. The zero-order valence-corrected chi connectivity index (χ0v) is 17.3. The van der Waals surface area contributed by atoms with Gasteiger partial charge in [0.15, 0.2) is 0 Å². The van der Waals surface area contributed by atoms with Crippen LogP contribution in [-0.4, -0.2) is 51.5 Å². The Morgan fingerprint density at radius 3 is 2.41 bits per heavy atom. The summed E-state index contributed by atoms with van der Waals surface area (Å²) < 4.78 is 31.9. The first-order valence-electron chi connectivity index (χ1n) is 9.65. The molecule has 7 heteroatoms. The molecule has 1 heterocycles. The third kappa shape index (κ3) is 5.76. The van der Waals surface area contributed by atoms with Crippen LogP contribution in [-0.2, 0) is 19.6 Å². The quantitative estimate of drug-likeness (QED) is 0.707. The van der Waals surface area contributed by atoms with Gasteiger partial charge in [-0.3, -0.25) is 4.79 Å². The van der Waals surface area contributed by atoms with Crippen LogP contribution >= 0.6 is 0 Å². The molecule has 0 radical (unpaired) electrons. The summed E-state index contributed by atoms with van der Waals surface area (Å²) in [7, 11) is -3.50. The molecule has 1 fully saturated rings. The molecule has 0 bridgehead atoms. The maximum Gasteiger partial charge on any atom is 0.244 e. The third-order valence-corrected chi connectivity index (χ3v) is 6.78. The van der Waals surface area contributed by atoms with Gasteiger partial charge in [0.25, 0.3) is 0 Å². The highest BCUT2D eigenvalue weighted by Gasteiger charge is 2.25. The number of rotatable bonds is 7. The van der Waals surface area contributed by atoms with Gasteiger partial charge in [0.1, 0.15) is 0 Å². The number of ether oxygens (including phenoxy) is 1. The average molecular weight is 415 g/mol. The number of hydrogen-bond donors (Lipinski definition) is 1. The van der Waals surface area contributed by atoms with Gasteiger partial charge in [-0.2, -0.15) is 4.31 Å². The summed E-state index contributed by atoms with van der Waals surface area (Å²) in [5.41, 5.74) is 1.94. The second-order valence-corrected chi connectivity index (χ2v) is 8.91. The minimum absolute atomic E-state index is 0.183. The summed E-state index contributed by atoms with van der Waals surface area (Å²) in [6, 6.07) is 16.5. The number of morpholine rings is 1. The fourth-order valence-corrected chi connectivity index (χ4v) is 4.48. The van der Waals surface area contributed by atoms with Crippen LogP contribution < -0.4 is 5.32 Å². The predicted octanol–water partition coefficient (Wildman–Crippen LogP) is 2.64. The Kier molecular flexibility index (Phi) is 7.19. The van der Waals surface area contributed by atoms with Gasteiger partial charge < -0.3 is 10.1 Å². The van der Waals surface area contributed by atoms with E-state index >= 15 is 0 Å². The Bertz CT molecular complexity index is 935. The van der Waals surface area contributed by atoms with Gasteiger partial charge in [0, 0.05) is 25.7 Å². The number of nitrogens with zero attached hydrogens (tertiary/aromatic N) is 1. The van der Waals surface area contributed by atoms with E-state index in [4.69, 9.17) is 4.74 Å². The van der Waals surface area contributed by atoms with Crippen LogP contribution in [0.5, 0.6) is 0 Å². The normalized spacial score (nSPS) is 16.6. The lowest BCUT2D eigenvalue weighted by Gasteiger charge is -2.26. The first-order valence-corrected chi connectivity index (χ1v) is 11.1. The van der Waals surface area contributed by atoms with Crippen molar-refractivity contribution in [2.24, 2.45) is 0 Å². The van der Waals surface area contributed by atoms with E-state index in [0.717, 1.165) is 5.56 Å². The zero-order chi connectivity index (χ0) is 20.7. The lowest BCUT2D eigenvalue weighted by Crippen LogP contribution is -2.40. The molecule has 2 aromatic carbocycles. The molecule has 29 heavy (non-hydrogen) atoms. The smallest absolute Gasteiger partial charge is 0.244 e. The van der Waals surface area contributed by atoms with Gasteiger partial charge in [-0.1, -0.05) is 49.4 Å². The Labute approximate surface area is 172 Å². The molecule has 1 unspecified atom stereocenters. The zero-order valence-electron chi connectivity index (χ0n) is 16.5. The van der Waals surface area contributed by atoms with E-state index in [0.29, 0.717) is 32.8 Å². The molecule has 6 nitrogen and oxygen atoms in total. The molecule has 2 aromatic rings. The van der Waals surface area contributed by atoms with Crippen molar-refractivity contribution in [1.82, 2.24) is 9.62 Å². The van der Waals surface area contributed by atoms with Gasteiger partial charge in [0.05, 0.1) is 18.1 Å². The summed E-state index contributed by atoms with van der Waals surface area (Å²) in [4.78, 5) is 12.3. The van der Waals surface area contributed by atoms with Crippen LogP contribution in [0.1, 0.15) is 24.0 Å². The molecule has 3 rings (SSSR count). The monoisotopic (exact) mass is 414 g/mol. The molecule has 1 N–H and O–H groups in total. The summed E-state index contributed by atoms with van der Waals surface area (Å²) in [5, 5.41) is 2.89. The third-order valence-electron chi connectivity index (χ3n) is 4.87. The van der Waals surface area contributed by atoms with Crippen molar-refractivity contribution in [3.05, 3.63) is 71.8 Å². The van der Waals surface area contributed by atoms with Gasteiger partial charge in [-0.05, 0) is 35.3 Å². The largest absolute Gasteiger partial charge is 0.379 e. The van der Waals surface area contributed by atoms with E-state index in [2.05, 4.69) is 12.2 Å². The van der Waals surface area contributed by atoms with Gasteiger partial charge in [-0.15, -0.1) is 0 Å². The molecule has 0 saturated carbocycles. The summed E-state index contributed by atoms with van der Waals surface area (Å²) >= 11 is 0. The summed E-state index contributed by atoms with van der Waals surface area (Å²) in [5.74, 6) is 0.0380. The second-order valence-electron chi connectivity index (χ2n) is 6.98. The highest BCUT2D eigenvalue weighted by Crippen LogP contribution is 2.18. The van der Waals surface area contributed by atoms with Crippen molar-refractivity contribution < 1.29 is 17.9 Å². The van der Waals surface area contributed by atoms with Gasteiger partial charge >= 0.3 is 0 Å². The summed E-state index contributed by atoms with van der Waals surface area (Å²) in [6.07, 6.45) is 3.14.